The van der Waals surface area contributed by atoms with Gasteiger partial charge in [0.05, 0.1) is 20.1 Å². The van der Waals surface area contributed by atoms with Crippen molar-refractivity contribution in [2.45, 2.75) is 27.7 Å². The fraction of sp³-hybridized carbons (Fsp3) is 1.00. The van der Waals surface area contributed by atoms with Crippen LogP contribution in [0, 0.1) is 5.92 Å². The van der Waals surface area contributed by atoms with Crippen molar-refractivity contribution >= 4 is 11.8 Å². The molecule has 0 aromatic heterocycles. The molecule has 0 rings (SSSR count). The van der Waals surface area contributed by atoms with Crippen molar-refractivity contribution < 1.29 is 4.48 Å². The van der Waals surface area contributed by atoms with Gasteiger partial charge in [0.25, 0.3) is 0 Å². The molecule has 0 radical (unpaired) electrons. The van der Waals surface area contributed by atoms with E-state index in [-0.39, 0.29) is 0 Å². The number of nitrogens with zero attached hydrogens (tertiary/aromatic N) is 1. The molecule has 0 unspecified atom stereocenters. The molecular formula is C10H24NS+. The van der Waals surface area contributed by atoms with E-state index in [0.29, 0.717) is 0 Å². The Labute approximate surface area is 82.1 Å². The molecule has 0 N–H and O–H groups in total. The molecule has 12 heavy (non-hydrogen) atoms. The second-order valence-corrected chi connectivity index (χ2v) is 5.15. The van der Waals surface area contributed by atoms with Crippen LogP contribution in [-0.4, -0.2) is 36.2 Å². The van der Waals surface area contributed by atoms with E-state index in [9.17, 15) is 0 Å². The molecule has 0 aromatic carbocycles. The Hall–Kier alpha value is 0.310. The molecule has 0 spiro atoms. The smallest absolute Gasteiger partial charge is 0.125 e. The number of thioether (sulfide) groups is 1. The lowest BCUT2D eigenvalue weighted by molar-refractivity contribution is -0.893. The zero-order chi connectivity index (χ0) is 9.61. The van der Waals surface area contributed by atoms with Gasteiger partial charge in [-0.25, -0.2) is 0 Å². The first-order valence-electron chi connectivity index (χ1n) is 4.95. The van der Waals surface area contributed by atoms with E-state index in [1.54, 1.807) is 0 Å². The van der Waals surface area contributed by atoms with E-state index < -0.39 is 0 Å². The van der Waals surface area contributed by atoms with E-state index in [4.69, 9.17) is 0 Å². The Kier molecular flexibility index (Phi) is 6.02. The third-order valence-electron chi connectivity index (χ3n) is 2.38. The fourth-order valence-corrected chi connectivity index (χ4v) is 2.30. The fourth-order valence-electron chi connectivity index (χ4n) is 0.915. The highest BCUT2D eigenvalue weighted by Crippen LogP contribution is 2.14. The lowest BCUT2D eigenvalue weighted by Crippen LogP contribution is -2.43. The second-order valence-electron chi connectivity index (χ2n) is 4.15. The molecule has 2 heteroatoms. The Bertz CT molecular complexity index is 108. The Morgan fingerprint density at radius 1 is 1.17 bits per heavy atom. The van der Waals surface area contributed by atoms with Gasteiger partial charge < -0.3 is 4.48 Å². The molecule has 0 saturated heterocycles. The summed E-state index contributed by atoms with van der Waals surface area (Å²) in [4.78, 5) is 0. The quantitative estimate of drug-likeness (QED) is 0.458. The third kappa shape index (κ3) is 5.04. The molecule has 0 fully saturated rings. The first kappa shape index (κ1) is 12.3. The maximum absolute atomic E-state index is 2.34. The summed E-state index contributed by atoms with van der Waals surface area (Å²) in [6.07, 6.45) is 0. The first-order chi connectivity index (χ1) is 5.54. The summed E-state index contributed by atoms with van der Waals surface area (Å²) < 4.78 is 1.21. The van der Waals surface area contributed by atoms with Gasteiger partial charge in [-0.1, -0.05) is 13.8 Å². The highest BCUT2D eigenvalue weighted by atomic mass is 32.2. The summed E-state index contributed by atoms with van der Waals surface area (Å²) in [5.41, 5.74) is 0. The maximum Gasteiger partial charge on any atom is 0.125 e. The van der Waals surface area contributed by atoms with Crippen LogP contribution in [0.25, 0.3) is 0 Å². The van der Waals surface area contributed by atoms with Gasteiger partial charge in [-0.2, -0.15) is 0 Å². The van der Waals surface area contributed by atoms with Gasteiger partial charge in [0.2, 0.25) is 0 Å². The van der Waals surface area contributed by atoms with E-state index in [1.807, 2.05) is 0 Å². The molecule has 0 aliphatic rings. The third-order valence-corrected chi connectivity index (χ3v) is 4.09. The van der Waals surface area contributed by atoms with Crippen LogP contribution in [0.3, 0.4) is 0 Å². The standard InChI is InChI=1S/C10H24NS/c1-6-11(5,7-2)9-12-8-10(3)4/h10H,6-9H2,1-5H3/q+1. The van der Waals surface area contributed by atoms with Gasteiger partial charge in [0.1, 0.15) is 5.88 Å². The van der Waals surface area contributed by atoms with E-state index in [2.05, 4.69) is 46.5 Å². The molecule has 0 aliphatic heterocycles. The summed E-state index contributed by atoms with van der Waals surface area (Å²) in [7, 11) is 2.34. The Morgan fingerprint density at radius 3 is 2.00 bits per heavy atom. The van der Waals surface area contributed by atoms with Crippen LogP contribution in [0.4, 0.5) is 0 Å². The average molecular weight is 190 g/mol. The van der Waals surface area contributed by atoms with Crippen LogP contribution in [0.5, 0.6) is 0 Å². The van der Waals surface area contributed by atoms with Gasteiger partial charge in [0.15, 0.2) is 0 Å². The molecule has 0 bridgehead atoms. The summed E-state index contributed by atoms with van der Waals surface area (Å²) in [5, 5.41) is 0. The molecule has 0 aliphatic carbocycles. The lowest BCUT2D eigenvalue weighted by atomic mass is 10.3. The number of rotatable bonds is 6. The van der Waals surface area contributed by atoms with E-state index in [0.717, 1.165) is 5.92 Å². The minimum absolute atomic E-state index is 0.831. The van der Waals surface area contributed by atoms with Crippen LogP contribution in [0.15, 0.2) is 0 Å². The predicted octanol–water partition coefficient (Wildman–Crippen LogP) is 2.82. The topological polar surface area (TPSA) is 0 Å². The van der Waals surface area contributed by atoms with Crippen molar-refractivity contribution in [1.29, 1.82) is 0 Å². The summed E-state index contributed by atoms with van der Waals surface area (Å²) in [5.74, 6) is 3.40. The molecule has 0 aromatic rings. The Balaban J connectivity index is 3.58. The maximum atomic E-state index is 2.34. The zero-order valence-electron chi connectivity index (χ0n) is 9.26. The van der Waals surface area contributed by atoms with Gasteiger partial charge in [-0.05, 0) is 19.8 Å². The van der Waals surface area contributed by atoms with Gasteiger partial charge in [0, 0.05) is 5.75 Å². The van der Waals surface area contributed by atoms with Gasteiger partial charge >= 0.3 is 0 Å². The molecular weight excluding hydrogens is 166 g/mol. The summed E-state index contributed by atoms with van der Waals surface area (Å²) in [6, 6.07) is 0. The van der Waals surface area contributed by atoms with Crippen molar-refractivity contribution in [2.75, 3.05) is 31.8 Å². The van der Waals surface area contributed by atoms with Crippen LogP contribution >= 0.6 is 11.8 Å². The van der Waals surface area contributed by atoms with Gasteiger partial charge in [-0.15, -0.1) is 11.8 Å². The Morgan fingerprint density at radius 2 is 1.67 bits per heavy atom. The number of quaternary nitrogens is 1. The summed E-state index contributed by atoms with van der Waals surface area (Å²) in [6.45, 7) is 11.6. The van der Waals surface area contributed by atoms with Crippen LogP contribution in [0.1, 0.15) is 27.7 Å². The minimum Gasteiger partial charge on any atom is -0.318 e. The normalized spacial score (nSPS) is 12.5. The van der Waals surface area contributed by atoms with Crippen LogP contribution in [-0.2, 0) is 0 Å². The van der Waals surface area contributed by atoms with Crippen molar-refractivity contribution in [2.24, 2.45) is 5.92 Å². The largest absolute Gasteiger partial charge is 0.318 e. The first-order valence-corrected chi connectivity index (χ1v) is 6.11. The zero-order valence-corrected chi connectivity index (χ0v) is 10.1. The second kappa shape index (κ2) is 5.87. The number of hydrogen-bond donors (Lipinski definition) is 0. The predicted molar refractivity (Wildman–Crippen MR) is 59.4 cm³/mol. The number of hydrogen-bond acceptors (Lipinski definition) is 1. The van der Waals surface area contributed by atoms with Gasteiger partial charge in [-0.3, -0.25) is 0 Å². The van der Waals surface area contributed by atoms with Crippen molar-refractivity contribution in [1.82, 2.24) is 0 Å². The SMILES string of the molecule is CC[N+](C)(CC)CSCC(C)C. The van der Waals surface area contributed by atoms with E-state index in [1.165, 1.54) is 29.2 Å². The lowest BCUT2D eigenvalue weighted by Gasteiger charge is -2.31. The van der Waals surface area contributed by atoms with Crippen LogP contribution in [0.2, 0.25) is 0 Å². The monoisotopic (exact) mass is 190 g/mol. The highest BCUT2D eigenvalue weighted by molar-refractivity contribution is 7.99. The minimum atomic E-state index is 0.831. The molecule has 0 amide bonds. The highest BCUT2D eigenvalue weighted by Gasteiger charge is 2.15. The van der Waals surface area contributed by atoms with Crippen LogP contribution < -0.4 is 0 Å². The average Bonchev–Trinajstić information content (AvgIpc) is 2.03. The van der Waals surface area contributed by atoms with Crippen molar-refractivity contribution in [3.8, 4) is 0 Å². The molecule has 1 nitrogen and oxygen atoms in total. The van der Waals surface area contributed by atoms with Crippen molar-refractivity contribution in [3.05, 3.63) is 0 Å². The van der Waals surface area contributed by atoms with Crippen molar-refractivity contribution in [3.63, 3.8) is 0 Å². The van der Waals surface area contributed by atoms with E-state index >= 15 is 0 Å². The summed E-state index contributed by atoms with van der Waals surface area (Å²) >= 11 is 2.09. The molecule has 74 valence electrons. The molecule has 0 heterocycles. The molecule has 0 atom stereocenters. The molecule has 0 saturated carbocycles.